The van der Waals surface area contributed by atoms with Gasteiger partial charge in [0.25, 0.3) is 11.8 Å². The minimum absolute atomic E-state index is 0.0901. The van der Waals surface area contributed by atoms with E-state index in [2.05, 4.69) is 42.1 Å². The van der Waals surface area contributed by atoms with Gasteiger partial charge in [0, 0.05) is 20.6 Å². The van der Waals surface area contributed by atoms with Gasteiger partial charge in [-0.3, -0.25) is 19.7 Å². The second kappa shape index (κ2) is 14.7. The van der Waals surface area contributed by atoms with Crippen molar-refractivity contribution in [2.24, 2.45) is 0 Å². The summed E-state index contributed by atoms with van der Waals surface area (Å²) in [5.41, 5.74) is 2.63. The van der Waals surface area contributed by atoms with Crippen LogP contribution in [-0.4, -0.2) is 27.9 Å². The summed E-state index contributed by atoms with van der Waals surface area (Å²) in [6.45, 7) is 1.83. The largest absolute Gasteiger partial charge is 0.321 e. The number of hydrogen-bond acceptors (Lipinski definition) is 7. The van der Waals surface area contributed by atoms with Gasteiger partial charge in [0.05, 0.1) is 0 Å². The standard InChI is InChI=1S/C33H26BrN5O3S2/c1-21-38-39-33(43-21)37-32(42)29(23-8-4-2-5-9-23)44-27-18-16-26(17-19-27)35-31(41)28(20-22-12-14-25(34)15-13-22)36-30(40)24-10-6-3-7-11-24/h2-20,29H,1H3,(H,35,41)(H,36,40)(H,37,39,42)/b28-20-. The zero-order valence-electron chi connectivity index (χ0n) is 23.4. The van der Waals surface area contributed by atoms with Gasteiger partial charge in [-0.15, -0.1) is 22.0 Å². The summed E-state index contributed by atoms with van der Waals surface area (Å²) in [5.74, 6) is -1.09. The van der Waals surface area contributed by atoms with Gasteiger partial charge in [0.2, 0.25) is 11.0 Å². The number of aryl methyl sites for hydroxylation is 1. The monoisotopic (exact) mass is 683 g/mol. The van der Waals surface area contributed by atoms with Crippen LogP contribution in [0.1, 0.15) is 31.7 Å². The minimum Gasteiger partial charge on any atom is -0.321 e. The highest BCUT2D eigenvalue weighted by Crippen LogP contribution is 2.37. The molecule has 1 unspecified atom stereocenters. The Hall–Kier alpha value is -4.58. The quantitative estimate of drug-likeness (QED) is 0.104. The van der Waals surface area contributed by atoms with E-state index in [1.165, 1.54) is 23.1 Å². The summed E-state index contributed by atoms with van der Waals surface area (Å²) in [4.78, 5) is 40.4. The Morgan fingerprint density at radius 3 is 2.11 bits per heavy atom. The van der Waals surface area contributed by atoms with E-state index in [4.69, 9.17) is 0 Å². The molecule has 0 bridgehead atoms. The first kappa shape index (κ1) is 30.9. The molecule has 0 radical (unpaired) electrons. The third-order valence-electron chi connectivity index (χ3n) is 6.17. The van der Waals surface area contributed by atoms with Gasteiger partial charge in [-0.2, -0.15) is 0 Å². The molecule has 3 amide bonds. The van der Waals surface area contributed by atoms with E-state index in [0.717, 1.165) is 25.5 Å². The summed E-state index contributed by atoms with van der Waals surface area (Å²) in [5, 5.41) is 17.1. The molecule has 0 saturated carbocycles. The van der Waals surface area contributed by atoms with Gasteiger partial charge in [0.1, 0.15) is 16.0 Å². The van der Waals surface area contributed by atoms with Crippen molar-refractivity contribution in [1.29, 1.82) is 0 Å². The fourth-order valence-electron chi connectivity index (χ4n) is 4.04. The average molecular weight is 685 g/mol. The van der Waals surface area contributed by atoms with E-state index in [-0.39, 0.29) is 11.6 Å². The summed E-state index contributed by atoms with van der Waals surface area (Å²) >= 11 is 6.10. The fraction of sp³-hybridized carbons (Fsp3) is 0.0606. The van der Waals surface area contributed by atoms with Gasteiger partial charge in [-0.25, -0.2) is 0 Å². The smallest absolute Gasteiger partial charge is 0.272 e. The molecule has 1 heterocycles. The molecule has 4 aromatic carbocycles. The van der Waals surface area contributed by atoms with Crippen molar-refractivity contribution in [3.05, 3.63) is 141 Å². The molecule has 0 aliphatic rings. The second-order valence-electron chi connectivity index (χ2n) is 9.43. The number of amides is 3. The van der Waals surface area contributed by atoms with Crippen LogP contribution >= 0.6 is 39.0 Å². The maximum absolute atomic E-state index is 13.4. The Bertz CT molecular complexity index is 1780. The SMILES string of the molecule is Cc1nnc(NC(=O)C(Sc2ccc(NC(=O)/C(=C/c3ccc(Br)cc3)NC(=O)c3ccccc3)cc2)c2ccccc2)s1. The zero-order valence-corrected chi connectivity index (χ0v) is 26.6. The molecule has 3 N–H and O–H groups in total. The highest BCUT2D eigenvalue weighted by Gasteiger charge is 2.23. The normalized spacial score (nSPS) is 11.8. The second-order valence-corrected chi connectivity index (χ2v) is 12.7. The lowest BCUT2D eigenvalue weighted by Crippen LogP contribution is -2.30. The number of benzene rings is 4. The minimum atomic E-state index is -0.547. The van der Waals surface area contributed by atoms with E-state index in [1.54, 1.807) is 42.5 Å². The molecule has 0 spiro atoms. The van der Waals surface area contributed by atoms with Gasteiger partial charge >= 0.3 is 0 Å². The number of thioether (sulfide) groups is 1. The Kier molecular flexibility index (Phi) is 10.3. The van der Waals surface area contributed by atoms with Crippen molar-refractivity contribution in [2.45, 2.75) is 17.1 Å². The number of carbonyl (C=O) groups is 3. The molecular formula is C33H26BrN5O3S2. The predicted molar refractivity (Wildman–Crippen MR) is 179 cm³/mol. The molecule has 0 aliphatic heterocycles. The number of nitrogens with zero attached hydrogens (tertiary/aromatic N) is 2. The number of hydrogen-bond donors (Lipinski definition) is 3. The third-order valence-corrected chi connectivity index (χ3v) is 8.72. The predicted octanol–water partition coefficient (Wildman–Crippen LogP) is 7.49. The first-order valence-electron chi connectivity index (χ1n) is 13.4. The summed E-state index contributed by atoms with van der Waals surface area (Å²) < 4.78 is 0.897. The molecule has 0 saturated heterocycles. The van der Waals surface area contributed by atoms with Crippen LogP contribution < -0.4 is 16.0 Å². The third kappa shape index (κ3) is 8.50. The number of rotatable bonds is 10. The van der Waals surface area contributed by atoms with Crippen LogP contribution in [-0.2, 0) is 9.59 Å². The van der Waals surface area contributed by atoms with Crippen molar-refractivity contribution < 1.29 is 14.4 Å². The molecule has 11 heteroatoms. The van der Waals surface area contributed by atoms with Crippen molar-refractivity contribution in [2.75, 3.05) is 10.6 Å². The van der Waals surface area contributed by atoms with E-state index >= 15 is 0 Å². The molecule has 5 rings (SSSR count). The van der Waals surface area contributed by atoms with Crippen LogP contribution in [0.25, 0.3) is 6.08 Å². The molecular weight excluding hydrogens is 658 g/mol. The molecule has 1 atom stereocenters. The van der Waals surface area contributed by atoms with Crippen molar-refractivity contribution in [1.82, 2.24) is 15.5 Å². The van der Waals surface area contributed by atoms with Crippen molar-refractivity contribution in [3.63, 3.8) is 0 Å². The molecule has 5 aromatic rings. The highest BCUT2D eigenvalue weighted by molar-refractivity contribution is 9.10. The summed E-state index contributed by atoms with van der Waals surface area (Å²) in [6.07, 6.45) is 1.62. The van der Waals surface area contributed by atoms with Gasteiger partial charge in [-0.1, -0.05) is 87.9 Å². The lowest BCUT2D eigenvalue weighted by molar-refractivity contribution is -0.116. The number of nitrogens with one attached hydrogen (secondary N) is 3. The molecule has 1 aromatic heterocycles. The highest BCUT2D eigenvalue weighted by atomic mass is 79.9. The van der Waals surface area contributed by atoms with Gasteiger partial charge in [0.15, 0.2) is 0 Å². The van der Waals surface area contributed by atoms with Crippen LogP contribution in [0.2, 0.25) is 0 Å². The van der Waals surface area contributed by atoms with Crippen LogP contribution in [0.4, 0.5) is 10.8 Å². The molecule has 0 fully saturated rings. The number of halogens is 1. The maximum Gasteiger partial charge on any atom is 0.272 e. The first-order valence-corrected chi connectivity index (χ1v) is 15.9. The van der Waals surface area contributed by atoms with Crippen molar-refractivity contribution >= 4 is 73.6 Å². The van der Waals surface area contributed by atoms with Crippen LogP contribution in [0.15, 0.2) is 124 Å². The zero-order chi connectivity index (χ0) is 30.9. The van der Waals surface area contributed by atoms with Crippen LogP contribution in [0.3, 0.4) is 0 Å². The van der Waals surface area contributed by atoms with Gasteiger partial charge in [-0.05, 0) is 72.7 Å². The molecule has 8 nitrogen and oxygen atoms in total. The van der Waals surface area contributed by atoms with E-state index in [0.29, 0.717) is 16.4 Å². The maximum atomic E-state index is 13.4. The fourth-order valence-corrected chi connectivity index (χ4v) is 5.92. The first-order chi connectivity index (χ1) is 21.3. The number of carbonyl (C=O) groups excluding carboxylic acids is 3. The Morgan fingerprint density at radius 1 is 0.818 bits per heavy atom. The average Bonchev–Trinajstić information content (AvgIpc) is 3.46. The lowest BCUT2D eigenvalue weighted by atomic mass is 10.1. The number of aromatic nitrogens is 2. The van der Waals surface area contributed by atoms with Gasteiger partial charge < -0.3 is 10.6 Å². The topological polar surface area (TPSA) is 113 Å². The summed E-state index contributed by atoms with van der Waals surface area (Å²) in [7, 11) is 0. The number of anilines is 2. The van der Waals surface area contributed by atoms with E-state index in [9.17, 15) is 14.4 Å². The Morgan fingerprint density at radius 2 is 1.48 bits per heavy atom. The van der Waals surface area contributed by atoms with Crippen molar-refractivity contribution in [3.8, 4) is 0 Å². The lowest BCUT2D eigenvalue weighted by Gasteiger charge is -2.16. The van der Waals surface area contributed by atoms with E-state index in [1.807, 2.05) is 79.7 Å². The molecule has 0 aliphatic carbocycles. The Labute approximate surface area is 271 Å². The van der Waals surface area contributed by atoms with E-state index < -0.39 is 17.1 Å². The summed E-state index contributed by atoms with van der Waals surface area (Å²) in [6, 6.07) is 32.7. The van der Waals surface area contributed by atoms with Crippen LogP contribution in [0.5, 0.6) is 0 Å². The Balaban J connectivity index is 1.32. The van der Waals surface area contributed by atoms with Crippen LogP contribution in [0, 0.1) is 6.92 Å². The molecule has 44 heavy (non-hydrogen) atoms. The molecule has 220 valence electrons.